The standard InChI is InChI=1S/C26H41N5O/c1-2-27-26(31-17-12-24(21-31)20-29-13-6-7-14-29)28-19-25(32)30-15-10-23(11-16-30)18-22-8-4-3-5-9-22/h3-5,8-9,23-24H,2,6-7,10-21H2,1H3,(H,27,28). The Morgan fingerprint density at radius 2 is 1.66 bits per heavy atom. The van der Waals surface area contributed by atoms with Gasteiger partial charge in [0.2, 0.25) is 5.91 Å². The van der Waals surface area contributed by atoms with Crippen molar-refractivity contribution in [1.29, 1.82) is 0 Å². The molecule has 3 aliphatic rings. The SMILES string of the molecule is CCNC(=NCC(=O)N1CCC(Cc2ccccc2)CC1)N1CCC(CN2CCCC2)C1. The molecular weight excluding hydrogens is 398 g/mol. The van der Waals surface area contributed by atoms with E-state index in [1.807, 2.05) is 4.90 Å². The maximum Gasteiger partial charge on any atom is 0.244 e. The summed E-state index contributed by atoms with van der Waals surface area (Å²) in [5, 5.41) is 3.42. The number of nitrogens with one attached hydrogen (secondary N) is 1. The Bertz CT molecular complexity index is 738. The zero-order valence-electron chi connectivity index (χ0n) is 19.8. The molecule has 3 fully saturated rings. The van der Waals surface area contributed by atoms with E-state index < -0.39 is 0 Å². The number of guanidine groups is 1. The van der Waals surface area contributed by atoms with Crippen LogP contribution in [0, 0.1) is 11.8 Å². The Kier molecular flexibility index (Phi) is 8.43. The Morgan fingerprint density at radius 1 is 0.969 bits per heavy atom. The van der Waals surface area contributed by atoms with Crippen LogP contribution >= 0.6 is 0 Å². The molecular formula is C26H41N5O. The lowest BCUT2D eigenvalue weighted by Crippen LogP contribution is -2.43. The monoisotopic (exact) mass is 439 g/mol. The number of rotatable bonds is 7. The summed E-state index contributed by atoms with van der Waals surface area (Å²) in [6, 6.07) is 10.7. The average Bonchev–Trinajstić information content (AvgIpc) is 3.50. The van der Waals surface area contributed by atoms with Crippen molar-refractivity contribution in [3.05, 3.63) is 35.9 Å². The van der Waals surface area contributed by atoms with Crippen molar-refractivity contribution in [3.63, 3.8) is 0 Å². The van der Waals surface area contributed by atoms with Gasteiger partial charge in [0.1, 0.15) is 6.54 Å². The minimum Gasteiger partial charge on any atom is -0.357 e. The molecule has 3 heterocycles. The largest absolute Gasteiger partial charge is 0.357 e. The van der Waals surface area contributed by atoms with Crippen molar-refractivity contribution >= 4 is 11.9 Å². The van der Waals surface area contributed by atoms with E-state index >= 15 is 0 Å². The van der Waals surface area contributed by atoms with Gasteiger partial charge in [0.25, 0.3) is 0 Å². The molecule has 1 unspecified atom stereocenters. The summed E-state index contributed by atoms with van der Waals surface area (Å²) in [5.74, 6) is 2.49. The highest BCUT2D eigenvalue weighted by Crippen LogP contribution is 2.22. The zero-order valence-corrected chi connectivity index (χ0v) is 19.8. The highest BCUT2D eigenvalue weighted by molar-refractivity contribution is 5.85. The number of hydrogen-bond donors (Lipinski definition) is 1. The fraction of sp³-hybridized carbons (Fsp3) is 0.692. The molecule has 1 aromatic carbocycles. The molecule has 0 aliphatic carbocycles. The quantitative estimate of drug-likeness (QED) is 0.524. The molecule has 1 N–H and O–H groups in total. The second kappa shape index (κ2) is 11.7. The number of amides is 1. The van der Waals surface area contributed by atoms with Crippen LogP contribution in [-0.2, 0) is 11.2 Å². The van der Waals surface area contributed by atoms with Crippen LogP contribution in [0.3, 0.4) is 0 Å². The summed E-state index contributed by atoms with van der Waals surface area (Å²) in [6.07, 6.45) is 7.24. The Labute approximate surface area is 194 Å². The van der Waals surface area contributed by atoms with Crippen LogP contribution in [0.1, 0.15) is 44.6 Å². The molecule has 0 bridgehead atoms. The minimum absolute atomic E-state index is 0.173. The zero-order chi connectivity index (χ0) is 22.2. The van der Waals surface area contributed by atoms with Crippen molar-refractivity contribution in [1.82, 2.24) is 20.0 Å². The number of piperidine rings is 1. The van der Waals surface area contributed by atoms with E-state index in [0.717, 1.165) is 63.9 Å². The molecule has 176 valence electrons. The van der Waals surface area contributed by atoms with E-state index in [1.54, 1.807) is 0 Å². The van der Waals surface area contributed by atoms with E-state index in [9.17, 15) is 4.79 Å². The first-order valence-corrected chi connectivity index (χ1v) is 12.8. The third-order valence-corrected chi connectivity index (χ3v) is 7.33. The van der Waals surface area contributed by atoms with Gasteiger partial charge in [-0.15, -0.1) is 0 Å². The molecule has 3 aliphatic heterocycles. The maximum atomic E-state index is 12.8. The molecule has 3 saturated heterocycles. The van der Waals surface area contributed by atoms with Gasteiger partial charge < -0.3 is 20.0 Å². The van der Waals surface area contributed by atoms with Gasteiger partial charge in [0, 0.05) is 39.3 Å². The lowest BCUT2D eigenvalue weighted by molar-refractivity contribution is -0.131. The van der Waals surface area contributed by atoms with Gasteiger partial charge in [-0.1, -0.05) is 30.3 Å². The highest BCUT2D eigenvalue weighted by Gasteiger charge is 2.28. The van der Waals surface area contributed by atoms with Crippen molar-refractivity contribution in [3.8, 4) is 0 Å². The molecule has 0 spiro atoms. The summed E-state index contributed by atoms with van der Waals surface area (Å²) in [6.45, 7) is 10.8. The molecule has 0 radical (unpaired) electrons. The summed E-state index contributed by atoms with van der Waals surface area (Å²) in [5.41, 5.74) is 1.41. The molecule has 0 aromatic heterocycles. The van der Waals surface area contributed by atoms with Crippen molar-refractivity contribution in [2.24, 2.45) is 16.8 Å². The number of carbonyl (C=O) groups excluding carboxylic acids is 1. The van der Waals surface area contributed by atoms with Gasteiger partial charge >= 0.3 is 0 Å². The van der Waals surface area contributed by atoms with Crippen LogP contribution in [0.5, 0.6) is 0 Å². The van der Waals surface area contributed by atoms with Gasteiger partial charge in [-0.3, -0.25) is 4.79 Å². The van der Waals surface area contributed by atoms with Crippen molar-refractivity contribution < 1.29 is 4.79 Å². The predicted octanol–water partition coefficient (Wildman–Crippen LogP) is 2.85. The first-order valence-electron chi connectivity index (χ1n) is 12.8. The normalized spacial score (nSPS) is 23.2. The molecule has 6 heteroatoms. The number of likely N-dealkylation sites (tertiary alicyclic amines) is 3. The molecule has 1 amide bonds. The van der Waals surface area contributed by atoms with Gasteiger partial charge in [0.15, 0.2) is 5.96 Å². The Morgan fingerprint density at radius 3 is 2.38 bits per heavy atom. The lowest BCUT2D eigenvalue weighted by atomic mass is 9.90. The maximum absolute atomic E-state index is 12.8. The molecule has 1 aromatic rings. The summed E-state index contributed by atoms with van der Waals surface area (Å²) < 4.78 is 0. The van der Waals surface area contributed by atoms with Crippen molar-refractivity contribution in [2.75, 3.05) is 58.9 Å². The smallest absolute Gasteiger partial charge is 0.244 e. The van der Waals surface area contributed by atoms with Gasteiger partial charge in [-0.05, 0) is 75.9 Å². The number of hydrogen-bond acceptors (Lipinski definition) is 3. The fourth-order valence-electron chi connectivity index (χ4n) is 5.51. The van der Waals surface area contributed by atoms with Crippen LogP contribution in [-0.4, -0.2) is 85.5 Å². The lowest BCUT2D eigenvalue weighted by Gasteiger charge is -2.32. The molecule has 32 heavy (non-hydrogen) atoms. The van der Waals surface area contributed by atoms with E-state index in [2.05, 4.69) is 52.4 Å². The second-order valence-corrected chi connectivity index (χ2v) is 9.79. The van der Waals surface area contributed by atoms with Crippen LogP contribution in [0.25, 0.3) is 0 Å². The minimum atomic E-state index is 0.173. The first kappa shape index (κ1) is 23.1. The third kappa shape index (κ3) is 6.47. The van der Waals surface area contributed by atoms with Gasteiger partial charge in [0.05, 0.1) is 0 Å². The Balaban J connectivity index is 1.23. The molecule has 4 rings (SSSR count). The van der Waals surface area contributed by atoms with Crippen molar-refractivity contribution in [2.45, 2.75) is 45.4 Å². The van der Waals surface area contributed by atoms with E-state index in [0.29, 0.717) is 5.92 Å². The van der Waals surface area contributed by atoms with E-state index in [1.165, 1.54) is 44.5 Å². The summed E-state index contributed by atoms with van der Waals surface area (Å²) in [7, 11) is 0. The summed E-state index contributed by atoms with van der Waals surface area (Å²) >= 11 is 0. The van der Waals surface area contributed by atoms with E-state index in [-0.39, 0.29) is 12.5 Å². The Hall–Kier alpha value is -2.08. The number of carbonyl (C=O) groups is 1. The van der Waals surface area contributed by atoms with Crippen LogP contribution in [0.4, 0.5) is 0 Å². The average molecular weight is 440 g/mol. The number of benzene rings is 1. The number of nitrogens with zero attached hydrogens (tertiary/aromatic N) is 4. The molecule has 1 atom stereocenters. The topological polar surface area (TPSA) is 51.2 Å². The first-order chi connectivity index (χ1) is 15.7. The van der Waals surface area contributed by atoms with Crippen LogP contribution < -0.4 is 5.32 Å². The van der Waals surface area contributed by atoms with E-state index in [4.69, 9.17) is 4.99 Å². The predicted molar refractivity (Wildman–Crippen MR) is 131 cm³/mol. The van der Waals surface area contributed by atoms with Gasteiger partial charge in [-0.2, -0.15) is 0 Å². The number of aliphatic imine (C=N–C) groups is 1. The second-order valence-electron chi connectivity index (χ2n) is 9.79. The van der Waals surface area contributed by atoms with Crippen LogP contribution in [0.15, 0.2) is 35.3 Å². The van der Waals surface area contributed by atoms with Gasteiger partial charge in [-0.25, -0.2) is 4.99 Å². The summed E-state index contributed by atoms with van der Waals surface area (Å²) in [4.78, 5) is 24.6. The molecule has 0 saturated carbocycles. The fourth-order valence-corrected chi connectivity index (χ4v) is 5.51. The molecule has 6 nitrogen and oxygen atoms in total. The highest BCUT2D eigenvalue weighted by atomic mass is 16.2. The van der Waals surface area contributed by atoms with Crippen LogP contribution in [0.2, 0.25) is 0 Å². The third-order valence-electron chi connectivity index (χ3n) is 7.33.